The van der Waals surface area contributed by atoms with Crippen molar-refractivity contribution in [3.05, 3.63) is 58.1 Å². The Hall–Kier alpha value is -3.30. The van der Waals surface area contributed by atoms with Gasteiger partial charge >= 0.3 is 0 Å². The van der Waals surface area contributed by atoms with Gasteiger partial charge in [-0.25, -0.2) is 5.43 Å². The Balaban J connectivity index is 1.29. The molecule has 5 rings (SSSR count). The van der Waals surface area contributed by atoms with E-state index in [-0.39, 0.29) is 0 Å². The molecule has 0 saturated carbocycles. The van der Waals surface area contributed by atoms with Gasteiger partial charge in [0.05, 0.1) is 11.2 Å². The molecule has 0 atom stereocenters. The third-order valence-corrected chi connectivity index (χ3v) is 6.64. The molecule has 2 aliphatic heterocycles. The molecule has 0 unspecified atom stereocenters. The molecule has 194 valence electrons. The normalized spacial score (nSPS) is 15.5. The van der Waals surface area contributed by atoms with Crippen LogP contribution in [0, 0.1) is 0 Å². The second-order valence-corrected chi connectivity index (χ2v) is 9.68. The van der Waals surface area contributed by atoms with E-state index in [0.717, 1.165) is 57.6 Å². The highest BCUT2D eigenvalue weighted by Gasteiger charge is 2.21. The lowest BCUT2D eigenvalue weighted by Gasteiger charge is -2.20. The molecule has 0 bridgehead atoms. The van der Waals surface area contributed by atoms with E-state index in [1.165, 1.54) is 0 Å². The van der Waals surface area contributed by atoms with E-state index < -0.39 is 0 Å². The number of para-hydroxylation sites is 1. The summed E-state index contributed by atoms with van der Waals surface area (Å²) in [5.41, 5.74) is 3.59. The van der Waals surface area contributed by atoms with Gasteiger partial charge in [-0.15, -0.1) is 0 Å². The zero-order chi connectivity index (χ0) is 25.5. The van der Waals surface area contributed by atoms with E-state index in [0.29, 0.717) is 52.4 Å². The van der Waals surface area contributed by atoms with Crippen LogP contribution in [0.2, 0.25) is 10.0 Å². The van der Waals surface area contributed by atoms with E-state index in [1.807, 2.05) is 30.3 Å². The Morgan fingerprint density at radius 2 is 1.46 bits per heavy atom. The van der Waals surface area contributed by atoms with Gasteiger partial charge < -0.3 is 19.3 Å². The van der Waals surface area contributed by atoms with Crippen LogP contribution in [0.25, 0.3) is 0 Å². The van der Waals surface area contributed by atoms with E-state index in [2.05, 4.69) is 30.3 Å². The highest BCUT2D eigenvalue weighted by molar-refractivity contribution is 6.36. The van der Waals surface area contributed by atoms with E-state index in [9.17, 15) is 0 Å². The van der Waals surface area contributed by atoms with Gasteiger partial charge in [-0.3, -0.25) is 0 Å². The van der Waals surface area contributed by atoms with Crippen LogP contribution in [0.5, 0.6) is 11.5 Å². The van der Waals surface area contributed by atoms with Gasteiger partial charge in [-0.05, 0) is 49.9 Å². The van der Waals surface area contributed by atoms with Crippen molar-refractivity contribution in [2.24, 2.45) is 5.10 Å². The summed E-state index contributed by atoms with van der Waals surface area (Å²) in [4.78, 5) is 18.4. The zero-order valence-electron chi connectivity index (χ0n) is 20.4. The van der Waals surface area contributed by atoms with Crippen LogP contribution in [0.4, 0.5) is 17.8 Å². The predicted octanol–water partition coefficient (Wildman–Crippen LogP) is 5.28. The molecule has 0 radical (unpaired) electrons. The lowest BCUT2D eigenvalue weighted by Crippen LogP contribution is -2.25. The second-order valence-electron chi connectivity index (χ2n) is 8.83. The fourth-order valence-electron chi connectivity index (χ4n) is 4.33. The summed E-state index contributed by atoms with van der Waals surface area (Å²) in [6.45, 7) is 4.45. The fourth-order valence-corrected chi connectivity index (χ4v) is 4.89. The minimum Gasteiger partial charge on any atom is -0.490 e. The van der Waals surface area contributed by atoms with Crippen molar-refractivity contribution in [1.29, 1.82) is 0 Å². The molecule has 9 nitrogen and oxygen atoms in total. The molecule has 0 spiro atoms. The summed E-state index contributed by atoms with van der Waals surface area (Å²) in [5.74, 6) is 3.00. The van der Waals surface area contributed by atoms with E-state index in [1.54, 1.807) is 18.3 Å². The van der Waals surface area contributed by atoms with Crippen molar-refractivity contribution in [3.8, 4) is 11.5 Å². The Labute approximate surface area is 226 Å². The SMILES string of the molecule is Clc1cc(Cl)c(OCCOc2ccccc2)c(/C=N\Nc2nc(N3CCCC3)nc(N3CCCC3)n2)c1. The molecule has 37 heavy (non-hydrogen) atoms. The summed E-state index contributed by atoms with van der Waals surface area (Å²) in [7, 11) is 0. The third kappa shape index (κ3) is 6.72. The maximum absolute atomic E-state index is 6.44. The molecule has 3 aromatic rings. The van der Waals surface area contributed by atoms with Crippen LogP contribution in [-0.4, -0.2) is 60.6 Å². The van der Waals surface area contributed by atoms with Gasteiger partial charge in [0.25, 0.3) is 0 Å². The number of aromatic nitrogens is 3. The molecule has 0 aliphatic carbocycles. The molecule has 2 fully saturated rings. The maximum atomic E-state index is 6.44. The lowest BCUT2D eigenvalue weighted by atomic mass is 10.2. The first-order valence-electron chi connectivity index (χ1n) is 12.5. The van der Waals surface area contributed by atoms with Crippen molar-refractivity contribution >= 4 is 47.3 Å². The molecule has 1 aromatic heterocycles. The van der Waals surface area contributed by atoms with Crippen LogP contribution in [-0.2, 0) is 0 Å². The number of hydrazone groups is 1. The number of nitrogens with zero attached hydrogens (tertiary/aromatic N) is 6. The minimum atomic E-state index is 0.302. The molecule has 3 heterocycles. The van der Waals surface area contributed by atoms with Crippen molar-refractivity contribution < 1.29 is 9.47 Å². The summed E-state index contributed by atoms with van der Waals surface area (Å²) in [6, 6.07) is 12.9. The number of nitrogens with one attached hydrogen (secondary N) is 1. The minimum absolute atomic E-state index is 0.302. The van der Waals surface area contributed by atoms with Crippen molar-refractivity contribution in [3.63, 3.8) is 0 Å². The van der Waals surface area contributed by atoms with Gasteiger partial charge in [0.2, 0.25) is 17.8 Å². The number of halogens is 2. The first-order chi connectivity index (χ1) is 18.2. The van der Waals surface area contributed by atoms with Crippen LogP contribution >= 0.6 is 23.2 Å². The van der Waals surface area contributed by atoms with Crippen LogP contribution < -0.4 is 24.7 Å². The number of anilines is 3. The number of rotatable bonds is 10. The average molecular weight is 542 g/mol. The Morgan fingerprint density at radius 3 is 2.11 bits per heavy atom. The van der Waals surface area contributed by atoms with Crippen LogP contribution in [0.15, 0.2) is 47.6 Å². The maximum Gasteiger partial charge on any atom is 0.250 e. The highest BCUT2D eigenvalue weighted by Crippen LogP contribution is 2.32. The van der Waals surface area contributed by atoms with E-state index >= 15 is 0 Å². The Kier molecular flexibility index (Phi) is 8.42. The van der Waals surface area contributed by atoms with Gasteiger partial charge in [0.1, 0.15) is 24.7 Å². The topological polar surface area (TPSA) is 88.0 Å². The Morgan fingerprint density at radius 1 is 0.838 bits per heavy atom. The van der Waals surface area contributed by atoms with Gasteiger partial charge in [-0.2, -0.15) is 20.1 Å². The summed E-state index contributed by atoms with van der Waals surface area (Å²) in [6.07, 6.45) is 6.15. The van der Waals surface area contributed by atoms with Crippen molar-refractivity contribution in [2.75, 3.05) is 54.6 Å². The Bertz CT molecular complexity index is 1180. The molecule has 11 heteroatoms. The molecule has 0 amide bonds. The quantitative estimate of drug-likeness (QED) is 0.210. The highest BCUT2D eigenvalue weighted by atomic mass is 35.5. The van der Waals surface area contributed by atoms with Gasteiger partial charge in [0, 0.05) is 36.8 Å². The zero-order valence-corrected chi connectivity index (χ0v) is 22.0. The predicted molar refractivity (Wildman–Crippen MR) is 148 cm³/mol. The molecule has 2 aromatic carbocycles. The first kappa shape index (κ1) is 25.4. The molecular formula is C26H29Cl2N7O2. The molecular weight excluding hydrogens is 513 g/mol. The summed E-state index contributed by atoms with van der Waals surface area (Å²) in [5, 5.41) is 5.24. The van der Waals surface area contributed by atoms with Crippen molar-refractivity contribution in [2.45, 2.75) is 25.7 Å². The third-order valence-electron chi connectivity index (χ3n) is 6.14. The summed E-state index contributed by atoms with van der Waals surface area (Å²) < 4.78 is 11.6. The fraction of sp³-hybridized carbons (Fsp3) is 0.385. The monoisotopic (exact) mass is 541 g/mol. The largest absolute Gasteiger partial charge is 0.490 e. The van der Waals surface area contributed by atoms with Crippen LogP contribution in [0.3, 0.4) is 0 Å². The van der Waals surface area contributed by atoms with Gasteiger partial charge in [-0.1, -0.05) is 41.4 Å². The standard InChI is InChI=1S/C26H29Cl2N7O2/c27-20-16-19(23(22(28)17-20)37-15-14-36-21-8-2-1-3-9-21)18-29-33-24-30-25(34-10-4-5-11-34)32-26(31-24)35-12-6-7-13-35/h1-3,8-9,16-18H,4-7,10-15H2,(H,30,31,32,33)/b29-18-. The van der Waals surface area contributed by atoms with Gasteiger partial charge in [0.15, 0.2) is 0 Å². The molecule has 2 saturated heterocycles. The average Bonchev–Trinajstić information content (AvgIpc) is 3.63. The number of ether oxygens (including phenoxy) is 2. The number of hydrogen-bond donors (Lipinski definition) is 1. The number of benzene rings is 2. The smallest absolute Gasteiger partial charge is 0.250 e. The number of hydrogen-bond acceptors (Lipinski definition) is 9. The first-order valence-corrected chi connectivity index (χ1v) is 13.3. The second kappa shape index (κ2) is 12.3. The lowest BCUT2D eigenvalue weighted by molar-refractivity contribution is 0.217. The van der Waals surface area contributed by atoms with E-state index in [4.69, 9.17) is 37.7 Å². The molecule has 1 N–H and O–H groups in total. The van der Waals surface area contributed by atoms with Crippen molar-refractivity contribution in [1.82, 2.24) is 15.0 Å². The van der Waals surface area contributed by atoms with Crippen LogP contribution in [0.1, 0.15) is 31.2 Å². The molecule has 2 aliphatic rings. The summed E-state index contributed by atoms with van der Waals surface area (Å²) >= 11 is 12.7.